The summed E-state index contributed by atoms with van der Waals surface area (Å²) in [4.78, 5) is 3.96. The number of halogens is 3. The van der Waals surface area contributed by atoms with Gasteiger partial charge in [-0.1, -0.05) is 66.7 Å². The van der Waals surface area contributed by atoms with Gasteiger partial charge in [0.25, 0.3) is 0 Å². The van der Waals surface area contributed by atoms with E-state index in [1.54, 1.807) is 24.3 Å². The molecule has 0 spiro atoms. The van der Waals surface area contributed by atoms with Crippen molar-refractivity contribution in [2.24, 2.45) is 0 Å². The van der Waals surface area contributed by atoms with Crippen molar-refractivity contribution in [1.82, 2.24) is 9.55 Å². The van der Waals surface area contributed by atoms with Gasteiger partial charge in [-0.3, -0.25) is 4.57 Å². The van der Waals surface area contributed by atoms with E-state index >= 15 is 0 Å². The van der Waals surface area contributed by atoms with Crippen LogP contribution in [0.3, 0.4) is 0 Å². The number of aromatic nitrogens is 2. The summed E-state index contributed by atoms with van der Waals surface area (Å²) >= 11 is 0. The molecule has 132 valence electrons. The van der Waals surface area contributed by atoms with Gasteiger partial charge in [-0.2, -0.15) is 13.2 Å². The second kappa shape index (κ2) is 5.58. The SMILES string of the molecule is FC(F)(F)c1nc2ccc3ccccc3c2n1-c1cccc2ccccc12. The van der Waals surface area contributed by atoms with Crippen LogP contribution in [0.1, 0.15) is 5.82 Å². The number of alkyl halides is 3. The van der Waals surface area contributed by atoms with E-state index in [-0.39, 0.29) is 0 Å². The van der Waals surface area contributed by atoms with Crippen LogP contribution in [0.4, 0.5) is 13.2 Å². The van der Waals surface area contributed by atoms with E-state index in [9.17, 15) is 13.2 Å². The van der Waals surface area contributed by atoms with Gasteiger partial charge in [0.05, 0.1) is 16.7 Å². The topological polar surface area (TPSA) is 17.8 Å². The Morgan fingerprint density at radius 3 is 2.04 bits per heavy atom. The number of imidazole rings is 1. The van der Waals surface area contributed by atoms with Crippen LogP contribution in [0.15, 0.2) is 78.9 Å². The molecule has 0 bridgehead atoms. The van der Waals surface area contributed by atoms with E-state index in [1.807, 2.05) is 54.6 Å². The normalized spacial score (nSPS) is 12.3. The lowest BCUT2D eigenvalue weighted by Crippen LogP contribution is -2.14. The zero-order valence-electron chi connectivity index (χ0n) is 14.0. The summed E-state index contributed by atoms with van der Waals surface area (Å²) in [6.07, 6.45) is -4.57. The van der Waals surface area contributed by atoms with Gasteiger partial charge < -0.3 is 0 Å². The molecular formula is C22H13F3N2. The third-order valence-corrected chi connectivity index (χ3v) is 4.80. The van der Waals surface area contributed by atoms with E-state index in [1.165, 1.54) is 4.57 Å². The maximum absolute atomic E-state index is 13.9. The molecular weight excluding hydrogens is 349 g/mol. The first kappa shape index (κ1) is 15.9. The maximum Gasteiger partial charge on any atom is 0.450 e. The first-order valence-electron chi connectivity index (χ1n) is 8.49. The molecule has 0 unspecified atom stereocenters. The van der Waals surface area contributed by atoms with Gasteiger partial charge in [-0.15, -0.1) is 0 Å². The fourth-order valence-electron chi connectivity index (χ4n) is 3.67. The number of hydrogen-bond donors (Lipinski definition) is 0. The van der Waals surface area contributed by atoms with Crippen molar-refractivity contribution in [1.29, 1.82) is 0 Å². The van der Waals surface area contributed by atoms with Crippen molar-refractivity contribution in [2.75, 3.05) is 0 Å². The maximum atomic E-state index is 13.9. The number of fused-ring (bicyclic) bond motifs is 4. The van der Waals surface area contributed by atoms with Gasteiger partial charge in [-0.25, -0.2) is 4.98 Å². The summed E-state index contributed by atoms with van der Waals surface area (Å²) in [5.41, 5.74) is 1.27. The molecule has 0 fully saturated rings. The fourth-order valence-corrected chi connectivity index (χ4v) is 3.67. The second-order valence-corrected chi connectivity index (χ2v) is 6.42. The predicted molar refractivity (Wildman–Crippen MR) is 101 cm³/mol. The Kier molecular flexibility index (Phi) is 3.28. The minimum Gasteiger partial charge on any atom is -0.287 e. The quantitative estimate of drug-likeness (QED) is 0.340. The van der Waals surface area contributed by atoms with Crippen molar-refractivity contribution in [2.45, 2.75) is 6.18 Å². The largest absolute Gasteiger partial charge is 0.450 e. The van der Waals surface area contributed by atoms with Gasteiger partial charge in [-0.05, 0) is 22.9 Å². The molecule has 5 aromatic rings. The molecule has 0 radical (unpaired) electrons. The summed E-state index contributed by atoms with van der Waals surface area (Å²) in [5, 5.41) is 3.24. The molecule has 0 saturated carbocycles. The zero-order valence-corrected chi connectivity index (χ0v) is 14.0. The highest BCUT2D eigenvalue weighted by Gasteiger charge is 2.38. The first-order valence-corrected chi connectivity index (χ1v) is 8.49. The fraction of sp³-hybridized carbons (Fsp3) is 0.0455. The minimum absolute atomic E-state index is 0.328. The standard InChI is InChI=1S/C22H13F3N2/c23-22(24,25)21-26-18-13-12-15-7-2-4-10-17(15)20(18)27(21)19-11-5-8-14-6-1-3-9-16(14)19/h1-13H. The van der Waals surface area contributed by atoms with E-state index in [4.69, 9.17) is 0 Å². The summed E-state index contributed by atoms with van der Waals surface area (Å²) in [6, 6.07) is 23.7. The number of hydrogen-bond acceptors (Lipinski definition) is 1. The summed E-state index contributed by atoms with van der Waals surface area (Å²) < 4.78 is 42.9. The van der Waals surface area contributed by atoms with Gasteiger partial charge in [0.2, 0.25) is 5.82 Å². The van der Waals surface area contributed by atoms with Crippen molar-refractivity contribution < 1.29 is 13.2 Å². The molecule has 1 aromatic heterocycles. The highest BCUT2D eigenvalue weighted by molar-refractivity contribution is 6.06. The van der Waals surface area contributed by atoms with Gasteiger partial charge in [0.15, 0.2) is 0 Å². The van der Waals surface area contributed by atoms with Crippen LogP contribution in [0.5, 0.6) is 0 Å². The predicted octanol–water partition coefficient (Wildman–Crippen LogP) is 6.35. The molecule has 27 heavy (non-hydrogen) atoms. The minimum atomic E-state index is -4.57. The van der Waals surface area contributed by atoms with Crippen LogP contribution >= 0.6 is 0 Å². The van der Waals surface area contributed by atoms with E-state index < -0.39 is 12.0 Å². The first-order chi connectivity index (χ1) is 13.0. The molecule has 2 nitrogen and oxygen atoms in total. The summed E-state index contributed by atoms with van der Waals surface area (Å²) in [5.74, 6) is -0.912. The summed E-state index contributed by atoms with van der Waals surface area (Å²) in [6.45, 7) is 0. The number of rotatable bonds is 1. The Morgan fingerprint density at radius 1 is 0.667 bits per heavy atom. The molecule has 5 heteroatoms. The highest BCUT2D eigenvalue weighted by Crippen LogP contribution is 2.38. The van der Waals surface area contributed by atoms with Gasteiger partial charge >= 0.3 is 6.18 Å². The van der Waals surface area contributed by atoms with Crippen molar-refractivity contribution in [3.05, 3.63) is 84.7 Å². The van der Waals surface area contributed by atoms with Crippen LogP contribution in [-0.4, -0.2) is 9.55 Å². The highest BCUT2D eigenvalue weighted by atomic mass is 19.4. The molecule has 0 aliphatic rings. The molecule has 4 aromatic carbocycles. The average molecular weight is 362 g/mol. The molecule has 0 aliphatic carbocycles. The third kappa shape index (κ3) is 2.39. The lowest BCUT2D eigenvalue weighted by Gasteiger charge is -2.14. The van der Waals surface area contributed by atoms with Crippen molar-refractivity contribution >= 4 is 32.6 Å². The van der Waals surface area contributed by atoms with Crippen LogP contribution < -0.4 is 0 Å². The molecule has 0 atom stereocenters. The van der Waals surface area contributed by atoms with Crippen molar-refractivity contribution in [3.8, 4) is 5.69 Å². The van der Waals surface area contributed by atoms with E-state index in [2.05, 4.69) is 4.98 Å². The Hall–Kier alpha value is -3.34. The van der Waals surface area contributed by atoms with E-state index in [0.29, 0.717) is 16.7 Å². The summed E-state index contributed by atoms with van der Waals surface area (Å²) in [7, 11) is 0. The molecule has 0 amide bonds. The zero-order chi connectivity index (χ0) is 18.6. The van der Waals surface area contributed by atoms with Crippen LogP contribution in [-0.2, 0) is 6.18 Å². The van der Waals surface area contributed by atoms with Crippen LogP contribution in [0, 0.1) is 0 Å². The van der Waals surface area contributed by atoms with E-state index in [0.717, 1.165) is 21.5 Å². The Balaban J connectivity index is 2.02. The average Bonchev–Trinajstić information content (AvgIpc) is 3.08. The lowest BCUT2D eigenvalue weighted by molar-refractivity contribution is -0.145. The Morgan fingerprint density at radius 2 is 1.30 bits per heavy atom. The Labute approximate surface area is 152 Å². The second-order valence-electron chi connectivity index (χ2n) is 6.42. The molecule has 0 N–H and O–H groups in total. The van der Waals surface area contributed by atoms with Gasteiger partial charge in [0.1, 0.15) is 0 Å². The van der Waals surface area contributed by atoms with Crippen LogP contribution in [0.25, 0.3) is 38.3 Å². The number of nitrogens with zero attached hydrogens (tertiary/aromatic N) is 2. The van der Waals surface area contributed by atoms with Gasteiger partial charge in [0, 0.05) is 10.8 Å². The third-order valence-electron chi connectivity index (χ3n) is 4.80. The number of benzene rings is 4. The van der Waals surface area contributed by atoms with Crippen LogP contribution in [0.2, 0.25) is 0 Å². The van der Waals surface area contributed by atoms with Crippen molar-refractivity contribution in [3.63, 3.8) is 0 Å². The Bertz CT molecular complexity index is 1310. The molecule has 0 saturated heterocycles. The smallest absolute Gasteiger partial charge is 0.287 e. The lowest BCUT2D eigenvalue weighted by atomic mass is 10.1. The molecule has 5 rings (SSSR count). The molecule has 0 aliphatic heterocycles. The molecule has 1 heterocycles. The monoisotopic (exact) mass is 362 g/mol.